The number of halogens is 2. The Balaban J connectivity index is 1.48. The number of hydrogen-bond acceptors (Lipinski definition) is 5. The summed E-state index contributed by atoms with van der Waals surface area (Å²) in [5.41, 5.74) is 0.998. The molecule has 2 aromatic carbocycles. The smallest absolute Gasteiger partial charge is 0.254 e. The summed E-state index contributed by atoms with van der Waals surface area (Å²) in [5, 5.41) is 0. The van der Waals surface area contributed by atoms with E-state index in [0.717, 1.165) is 17.8 Å². The zero-order chi connectivity index (χ0) is 22.0. The molecule has 10 heteroatoms. The molecule has 2 aliphatic rings. The lowest BCUT2D eigenvalue weighted by molar-refractivity contribution is 0.0728. The standard InChI is InChI=1S/C21H23F2N3O4S/c22-17-2-4-18(5-3-17)24-7-9-25(10-8-24)21(27)16-1-6-19(23)20(15-16)31(28,29)26-11-13-30-14-12-26/h1-6,15H,7-14H2. The second-order valence-electron chi connectivity index (χ2n) is 7.42. The van der Waals surface area contributed by atoms with Crippen LogP contribution >= 0.6 is 0 Å². The van der Waals surface area contributed by atoms with Gasteiger partial charge >= 0.3 is 0 Å². The van der Waals surface area contributed by atoms with E-state index in [0.29, 0.717) is 26.2 Å². The minimum atomic E-state index is -4.06. The van der Waals surface area contributed by atoms with Crippen LogP contribution in [0.3, 0.4) is 0 Å². The highest BCUT2D eigenvalue weighted by Gasteiger charge is 2.31. The number of carbonyl (C=O) groups excluding carboxylic acids is 1. The van der Waals surface area contributed by atoms with E-state index in [1.807, 2.05) is 4.90 Å². The molecule has 0 saturated carbocycles. The Bertz CT molecular complexity index is 1050. The van der Waals surface area contributed by atoms with Crippen LogP contribution in [-0.4, -0.2) is 76.0 Å². The number of rotatable bonds is 4. The van der Waals surface area contributed by atoms with E-state index < -0.39 is 20.7 Å². The van der Waals surface area contributed by atoms with Crippen LogP contribution in [0.15, 0.2) is 47.4 Å². The van der Waals surface area contributed by atoms with E-state index in [4.69, 9.17) is 4.74 Å². The number of benzene rings is 2. The fourth-order valence-corrected chi connectivity index (χ4v) is 5.26. The van der Waals surface area contributed by atoms with Gasteiger partial charge in [-0.3, -0.25) is 4.79 Å². The van der Waals surface area contributed by atoms with Crippen molar-refractivity contribution in [2.45, 2.75) is 4.90 Å². The maximum atomic E-state index is 14.4. The van der Waals surface area contributed by atoms with Crippen LogP contribution < -0.4 is 4.90 Å². The first-order valence-electron chi connectivity index (χ1n) is 10.0. The van der Waals surface area contributed by atoms with Gasteiger partial charge in [0.25, 0.3) is 5.91 Å². The summed E-state index contributed by atoms with van der Waals surface area (Å²) in [6, 6.07) is 9.61. The maximum Gasteiger partial charge on any atom is 0.254 e. The highest BCUT2D eigenvalue weighted by Crippen LogP contribution is 2.23. The minimum Gasteiger partial charge on any atom is -0.379 e. The van der Waals surface area contributed by atoms with Crippen molar-refractivity contribution >= 4 is 21.6 Å². The predicted molar refractivity (Wildman–Crippen MR) is 110 cm³/mol. The largest absolute Gasteiger partial charge is 0.379 e. The molecule has 2 saturated heterocycles. The van der Waals surface area contributed by atoms with Crippen molar-refractivity contribution in [3.8, 4) is 0 Å². The van der Waals surface area contributed by atoms with Crippen molar-refractivity contribution in [1.29, 1.82) is 0 Å². The number of hydrogen-bond donors (Lipinski definition) is 0. The van der Waals surface area contributed by atoms with Crippen LogP contribution in [0.25, 0.3) is 0 Å². The van der Waals surface area contributed by atoms with Crippen molar-refractivity contribution in [2.75, 3.05) is 57.4 Å². The summed E-state index contributed by atoms with van der Waals surface area (Å²) in [6.07, 6.45) is 0. The fraction of sp³-hybridized carbons (Fsp3) is 0.381. The summed E-state index contributed by atoms with van der Waals surface area (Å²) in [5.74, 6) is -1.54. The van der Waals surface area contributed by atoms with Gasteiger partial charge in [-0.05, 0) is 42.5 Å². The lowest BCUT2D eigenvalue weighted by Gasteiger charge is -2.36. The molecule has 2 aromatic rings. The van der Waals surface area contributed by atoms with Gasteiger partial charge < -0.3 is 14.5 Å². The van der Waals surface area contributed by atoms with Gasteiger partial charge in [0.1, 0.15) is 16.5 Å². The molecule has 0 aromatic heterocycles. The van der Waals surface area contributed by atoms with E-state index in [-0.39, 0.29) is 43.6 Å². The molecule has 2 heterocycles. The van der Waals surface area contributed by atoms with E-state index in [2.05, 4.69) is 0 Å². The second kappa shape index (κ2) is 8.89. The molecule has 166 valence electrons. The third kappa shape index (κ3) is 4.56. The molecule has 2 aliphatic heterocycles. The molecule has 31 heavy (non-hydrogen) atoms. The third-order valence-electron chi connectivity index (χ3n) is 5.52. The van der Waals surface area contributed by atoms with E-state index >= 15 is 0 Å². The van der Waals surface area contributed by atoms with Gasteiger partial charge in [0.05, 0.1) is 13.2 Å². The van der Waals surface area contributed by atoms with Crippen LogP contribution in [0, 0.1) is 11.6 Å². The van der Waals surface area contributed by atoms with Gasteiger partial charge in [-0.1, -0.05) is 0 Å². The quantitative estimate of drug-likeness (QED) is 0.711. The highest BCUT2D eigenvalue weighted by molar-refractivity contribution is 7.89. The minimum absolute atomic E-state index is 0.128. The molecular formula is C21H23F2N3O4S. The maximum absolute atomic E-state index is 14.4. The molecule has 0 bridgehead atoms. The van der Waals surface area contributed by atoms with Crippen molar-refractivity contribution in [1.82, 2.24) is 9.21 Å². The van der Waals surface area contributed by atoms with Crippen LogP contribution in [0.1, 0.15) is 10.4 Å². The average molecular weight is 451 g/mol. The molecule has 0 radical (unpaired) electrons. The first kappa shape index (κ1) is 21.7. The fourth-order valence-electron chi connectivity index (χ4n) is 3.76. The molecule has 0 aliphatic carbocycles. The van der Waals surface area contributed by atoms with Gasteiger partial charge in [0.2, 0.25) is 10.0 Å². The summed E-state index contributed by atoms with van der Waals surface area (Å²) in [6.45, 7) is 2.72. The molecule has 0 spiro atoms. The summed E-state index contributed by atoms with van der Waals surface area (Å²) >= 11 is 0. The van der Waals surface area contributed by atoms with Gasteiger partial charge in [-0.2, -0.15) is 4.31 Å². The van der Waals surface area contributed by atoms with Crippen LogP contribution in [-0.2, 0) is 14.8 Å². The van der Waals surface area contributed by atoms with Crippen LogP contribution in [0.2, 0.25) is 0 Å². The third-order valence-corrected chi connectivity index (χ3v) is 7.44. The van der Waals surface area contributed by atoms with Crippen LogP contribution in [0.5, 0.6) is 0 Å². The first-order valence-corrected chi connectivity index (χ1v) is 11.5. The van der Waals surface area contributed by atoms with E-state index in [1.54, 1.807) is 17.0 Å². The number of carbonyl (C=O) groups is 1. The normalized spacial score (nSPS) is 18.3. The molecule has 0 atom stereocenters. The zero-order valence-electron chi connectivity index (χ0n) is 16.8. The number of sulfonamides is 1. The molecule has 7 nitrogen and oxygen atoms in total. The number of nitrogens with zero attached hydrogens (tertiary/aromatic N) is 3. The molecule has 4 rings (SSSR count). The highest BCUT2D eigenvalue weighted by atomic mass is 32.2. The Kier molecular flexibility index (Phi) is 6.22. The number of ether oxygens (including phenoxy) is 1. The number of anilines is 1. The molecular weight excluding hydrogens is 428 g/mol. The van der Waals surface area contributed by atoms with Crippen molar-refractivity contribution in [3.05, 3.63) is 59.7 Å². The topological polar surface area (TPSA) is 70.2 Å². The molecule has 0 N–H and O–H groups in total. The number of morpholine rings is 1. The Labute approximate surface area is 179 Å². The van der Waals surface area contributed by atoms with Gasteiger partial charge in [0.15, 0.2) is 0 Å². The van der Waals surface area contributed by atoms with E-state index in [9.17, 15) is 22.0 Å². The van der Waals surface area contributed by atoms with Crippen LogP contribution in [0.4, 0.5) is 14.5 Å². The Hall–Kier alpha value is -2.56. The Morgan fingerprint density at radius 3 is 2.16 bits per heavy atom. The monoisotopic (exact) mass is 451 g/mol. The molecule has 2 fully saturated rings. The number of piperazine rings is 1. The predicted octanol–water partition coefficient (Wildman–Crippen LogP) is 1.95. The Morgan fingerprint density at radius 1 is 0.871 bits per heavy atom. The summed E-state index contributed by atoms with van der Waals surface area (Å²) in [7, 11) is -4.06. The second-order valence-corrected chi connectivity index (χ2v) is 9.32. The lowest BCUT2D eigenvalue weighted by atomic mass is 10.1. The Morgan fingerprint density at radius 2 is 1.52 bits per heavy atom. The van der Waals surface area contributed by atoms with Gasteiger partial charge in [0, 0.05) is 50.5 Å². The van der Waals surface area contributed by atoms with Gasteiger partial charge in [-0.15, -0.1) is 0 Å². The zero-order valence-corrected chi connectivity index (χ0v) is 17.7. The average Bonchev–Trinajstić information content (AvgIpc) is 2.80. The lowest BCUT2D eigenvalue weighted by Crippen LogP contribution is -2.48. The summed E-state index contributed by atoms with van der Waals surface area (Å²) < 4.78 is 59.6. The van der Waals surface area contributed by atoms with Crippen molar-refractivity contribution < 1.29 is 26.7 Å². The van der Waals surface area contributed by atoms with Crippen molar-refractivity contribution in [2.24, 2.45) is 0 Å². The SMILES string of the molecule is O=C(c1ccc(F)c(S(=O)(=O)N2CCOCC2)c1)N1CCN(c2ccc(F)cc2)CC1. The summed E-state index contributed by atoms with van der Waals surface area (Å²) in [4.78, 5) is 16.1. The van der Waals surface area contributed by atoms with Gasteiger partial charge in [-0.25, -0.2) is 17.2 Å². The number of amides is 1. The first-order chi connectivity index (χ1) is 14.9. The molecule has 1 amide bonds. The van der Waals surface area contributed by atoms with Crippen molar-refractivity contribution in [3.63, 3.8) is 0 Å². The van der Waals surface area contributed by atoms with E-state index in [1.165, 1.54) is 22.5 Å². The molecule has 0 unspecified atom stereocenters.